The van der Waals surface area contributed by atoms with Crippen molar-refractivity contribution in [1.29, 1.82) is 0 Å². The zero-order chi connectivity index (χ0) is 30.9. The topological polar surface area (TPSA) is 97.3 Å². The number of phenols is 1. The predicted molar refractivity (Wildman–Crippen MR) is 177 cm³/mol. The second-order valence-corrected chi connectivity index (χ2v) is 10.8. The molecule has 3 heterocycles. The van der Waals surface area contributed by atoms with Crippen LogP contribution in [-0.2, 0) is 11.3 Å². The summed E-state index contributed by atoms with van der Waals surface area (Å²) in [7, 11) is 0. The van der Waals surface area contributed by atoms with Gasteiger partial charge in [0.2, 0.25) is 0 Å². The van der Waals surface area contributed by atoms with Gasteiger partial charge in [-0.2, -0.15) is 10.1 Å². The number of rotatable bonds is 8. The summed E-state index contributed by atoms with van der Waals surface area (Å²) in [4.78, 5) is 26.1. The van der Waals surface area contributed by atoms with Crippen LogP contribution in [0.2, 0.25) is 0 Å². The van der Waals surface area contributed by atoms with Crippen molar-refractivity contribution in [3.05, 3.63) is 131 Å². The average molecular weight is 596 g/mol. The molecule has 1 N–H and O–H groups in total. The molecule has 4 aromatic carbocycles. The summed E-state index contributed by atoms with van der Waals surface area (Å²) in [5.74, 6) is 0.488. The second-order valence-electron chi connectivity index (χ2n) is 10.8. The first-order valence-electron chi connectivity index (χ1n) is 14.7. The molecule has 0 atom stereocenters. The van der Waals surface area contributed by atoms with E-state index < -0.39 is 0 Å². The average Bonchev–Trinajstić information content (AvgIpc) is 3.55. The van der Waals surface area contributed by atoms with Crippen LogP contribution in [-0.4, -0.2) is 27.9 Å². The number of hydrogen-bond acceptors (Lipinski definition) is 6. The lowest BCUT2D eigenvalue weighted by molar-refractivity contribution is -0.114. The highest BCUT2D eigenvalue weighted by molar-refractivity contribution is 6.32. The van der Waals surface area contributed by atoms with Gasteiger partial charge in [0.05, 0.1) is 23.6 Å². The zero-order valence-corrected chi connectivity index (χ0v) is 24.5. The first kappa shape index (κ1) is 27.9. The van der Waals surface area contributed by atoms with E-state index in [2.05, 4.69) is 15.7 Å². The molecule has 0 unspecified atom stereocenters. The minimum Gasteiger partial charge on any atom is -0.507 e. The number of ether oxygens (including phenoxy) is 1. The Balaban J connectivity index is 1.09. The number of carbonyl (C=O) groups is 1. The van der Waals surface area contributed by atoms with Gasteiger partial charge in [-0.05, 0) is 37.6 Å². The summed E-state index contributed by atoms with van der Waals surface area (Å²) in [6.07, 6.45) is 4.63. The third-order valence-electron chi connectivity index (χ3n) is 7.84. The lowest BCUT2D eigenvalue weighted by atomic mass is 10.1. The van der Waals surface area contributed by atoms with Crippen LogP contribution in [0, 0.1) is 0 Å². The second kappa shape index (κ2) is 11.7. The quantitative estimate of drug-likeness (QED) is 0.146. The molecule has 222 valence electrons. The van der Waals surface area contributed by atoms with Crippen molar-refractivity contribution in [1.82, 2.24) is 4.57 Å². The maximum Gasteiger partial charge on any atom is 0.280 e. The fourth-order valence-corrected chi connectivity index (χ4v) is 5.66. The standard InChI is InChI=1S/C37H29N3O5/c1-24-30(37(43)40(38-24)27-13-6-3-7-14-27)19-26-23-39(31-16-9-8-15-29(26)31)17-10-18-44-28-20-32(41)36-33(42)22-34(45-35(36)21-28)25-11-4-2-5-12-25/h2-9,11-16,19-23,41H,10,17-18H2,1H3/b30-19-. The van der Waals surface area contributed by atoms with E-state index in [0.717, 1.165) is 27.7 Å². The van der Waals surface area contributed by atoms with Gasteiger partial charge in [0, 0.05) is 53.0 Å². The summed E-state index contributed by atoms with van der Waals surface area (Å²) in [6.45, 7) is 2.88. The summed E-state index contributed by atoms with van der Waals surface area (Å²) >= 11 is 0. The Hall–Kier alpha value is -5.89. The molecule has 0 spiro atoms. The number of phenolic OH excluding ortho intramolecular Hbond substituents is 1. The van der Waals surface area contributed by atoms with Crippen LogP contribution in [0.1, 0.15) is 18.9 Å². The normalized spacial score (nSPS) is 14.1. The lowest BCUT2D eigenvalue weighted by Crippen LogP contribution is -2.21. The molecule has 0 saturated heterocycles. The number of fused-ring (bicyclic) bond motifs is 2. The van der Waals surface area contributed by atoms with Gasteiger partial charge in [0.15, 0.2) is 5.43 Å². The third-order valence-corrected chi connectivity index (χ3v) is 7.84. The van der Waals surface area contributed by atoms with Crippen LogP contribution in [0.3, 0.4) is 0 Å². The highest BCUT2D eigenvalue weighted by Gasteiger charge is 2.29. The molecule has 1 aliphatic rings. The fraction of sp³-hybridized carbons (Fsp3) is 0.108. The Morgan fingerprint density at radius 2 is 1.64 bits per heavy atom. The molecule has 6 aromatic rings. The predicted octanol–water partition coefficient (Wildman–Crippen LogP) is 7.40. The van der Waals surface area contributed by atoms with Crippen LogP contribution < -0.4 is 15.2 Å². The van der Waals surface area contributed by atoms with Crippen LogP contribution in [0.25, 0.3) is 39.3 Å². The molecule has 1 amide bonds. The van der Waals surface area contributed by atoms with Gasteiger partial charge < -0.3 is 18.8 Å². The Morgan fingerprint density at radius 3 is 2.44 bits per heavy atom. The Bertz CT molecular complexity index is 2180. The Morgan fingerprint density at radius 1 is 0.911 bits per heavy atom. The Kier molecular flexibility index (Phi) is 7.23. The number of amides is 1. The maximum atomic E-state index is 13.3. The SMILES string of the molecule is CC1=NN(c2ccccc2)C(=O)/C1=C\c1cn(CCCOc2cc(O)c3c(=O)cc(-c4ccccc4)oc3c2)c2ccccc12. The summed E-state index contributed by atoms with van der Waals surface area (Å²) in [6, 6.07) is 31.3. The van der Waals surface area contributed by atoms with Gasteiger partial charge in [-0.25, -0.2) is 0 Å². The molecule has 45 heavy (non-hydrogen) atoms. The van der Waals surface area contributed by atoms with E-state index in [0.29, 0.717) is 42.4 Å². The smallest absolute Gasteiger partial charge is 0.280 e. The summed E-state index contributed by atoms with van der Waals surface area (Å²) < 4.78 is 14.1. The summed E-state index contributed by atoms with van der Waals surface area (Å²) in [5.41, 5.74) is 4.64. The number of aryl methyl sites for hydroxylation is 1. The van der Waals surface area contributed by atoms with Crippen molar-refractivity contribution in [2.75, 3.05) is 11.6 Å². The first-order chi connectivity index (χ1) is 22.0. The van der Waals surface area contributed by atoms with E-state index in [4.69, 9.17) is 9.15 Å². The van der Waals surface area contributed by atoms with Crippen molar-refractivity contribution >= 4 is 45.3 Å². The van der Waals surface area contributed by atoms with Gasteiger partial charge in [0.25, 0.3) is 5.91 Å². The first-order valence-corrected chi connectivity index (χ1v) is 14.7. The summed E-state index contributed by atoms with van der Waals surface area (Å²) in [5, 5.41) is 17.7. The third kappa shape index (κ3) is 5.38. The molecule has 0 saturated carbocycles. The largest absolute Gasteiger partial charge is 0.507 e. The Labute approximate surface area is 258 Å². The lowest BCUT2D eigenvalue weighted by Gasteiger charge is -2.10. The van der Waals surface area contributed by atoms with Gasteiger partial charge >= 0.3 is 0 Å². The molecule has 0 bridgehead atoms. The molecule has 1 aliphatic heterocycles. The van der Waals surface area contributed by atoms with Gasteiger partial charge in [-0.3, -0.25) is 9.59 Å². The van der Waals surface area contributed by atoms with E-state index in [1.54, 1.807) is 6.07 Å². The number of nitrogens with zero attached hydrogens (tertiary/aromatic N) is 3. The van der Waals surface area contributed by atoms with Crippen LogP contribution >= 0.6 is 0 Å². The van der Waals surface area contributed by atoms with E-state index in [-0.39, 0.29) is 28.1 Å². The van der Waals surface area contributed by atoms with Crippen molar-refractivity contribution in [3.8, 4) is 22.8 Å². The van der Waals surface area contributed by atoms with Crippen molar-refractivity contribution in [2.45, 2.75) is 19.9 Å². The van der Waals surface area contributed by atoms with Crippen molar-refractivity contribution in [3.63, 3.8) is 0 Å². The van der Waals surface area contributed by atoms with Crippen molar-refractivity contribution < 1.29 is 19.1 Å². The zero-order valence-electron chi connectivity index (χ0n) is 24.5. The van der Waals surface area contributed by atoms with Crippen LogP contribution in [0.15, 0.2) is 129 Å². The van der Waals surface area contributed by atoms with E-state index in [9.17, 15) is 14.7 Å². The molecule has 0 aliphatic carbocycles. The molecule has 2 aromatic heterocycles. The van der Waals surface area contributed by atoms with Crippen molar-refractivity contribution in [2.24, 2.45) is 5.10 Å². The number of anilines is 1. The van der Waals surface area contributed by atoms with E-state index in [1.807, 2.05) is 98.1 Å². The molecular weight excluding hydrogens is 566 g/mol. The minimum atomic E-state index is -0.321. The number of hydrogen-bond donors (Lipinski definition) is 1. The minimum absolute atomic E-state index is 0.121. The number of carbonyl (C=O) groups excluding carboxylic acids is 1. The number of aromatic nitrogens is 1. The van der Waals surface area contributed by atoms with Gasteiger partial charge in [0.1, 0.15) is 28.2 Å². The highest BCUT2D eigenvalue weighted by atomic mass is 16.5. The molecule has 7 rings (SSSR count). The molecule has 8 nitrogen and oxygen atoms in total. The number of hydrazone groups is 1. The van der Waals surface area contributed by atoms with Crippen LogP contribution in [0.4, 0.5) is 5.69 Å². The molecule has 0 radical (unpaired) electrons. The van der Waals surface area contributed by atoms with E-state index >= 15 is 0 Å². The van der Waals surface area contributed by atoms with Gasteiger partial charge in [-0.15, -0.1) is 0 Å². The fourth-order valence-electron chi connectivity index (χ4n) is 5.66. The van der Waals surface area contributed by atoms with E-state index in [1.165, 1.54) is 17.1 Å². The van der Waals surface area contributed by atoms with Gasteiger partial charge in [-0.1, -0.05) is 66.7 Å². The molecular formula is C37H29N3O5. The number of benzene rings is 4. The number of para-hydroxylation sites is 2. The highest BCUT2D eigenvalue weighted by Crippen LogP contribution is 2.32. The number of aromatic hydroxyl groups is 1. The maximum absolute atomic E-state index is 13.3. The monoisotopic (exact) mass is 595 g/mol. The molecule has 8 heteroatoms. The molecule has 0 fully saturated rings. The van der Waals surface area contributed by atoms with Crippen LogP contribution in [0.5, 0.6) is 11.5 Å².